The summed E-state index contributed by atoms with van der Waals surface area (Å²) in [5.74, 6) is 0.0707. The molecule has 0 aromatic heterocycles. The smallest absolute Gasteiger partial charge is 0.215 e. The van der Waals surface area contributed by atoms with E-state index in [1.807, 2.05) is 37.3 Å². The summed E-state index contributed by atoms with van der Waals surface area (Å²) >= 11 is 0. The Morgan fingerprint density at radius 3 is 2.48 bits per heavy atom. The van der Waals surface area contributed by atoms with Crippen LogP contribution in [0.4, 0.5) is 5.69 Å². The molecule has 5 heteroatoms. The van der Waals surface area contributed by atoms with Gasteiger partial charge in [0, 0.05) is 12.2 Å². The number of hydrogen-bond donors (Lipinski definition) is 2. The second kappa shape index (κ2) is 6.74. The number of nitrogen functional groups attached to an aromatic ring is 1. The highest BCUT2D eigenvalue weighted by atomic mass is 32.2. The largest absolute Gasteiger partial charge is 0.399 e. The van der Waals surface area contributed by atoms with Crippen LogP contribution in [0.25, 0.3) is 0 Å². The van der Waals surface area contributed by atoms with Crippen LogP contribution < -0.4 is 10.5 Å². The molecule has 2 aromatic rings. The number of sulfonamides is 1. The number of nitrogens with two attached hydrogens (primary N) is 1. The van der Waals surface area contributed by atoms with Gasteiger partial charge < -0.3 is 5.73 Å². The van der Waals surface area contributed by atoms with Crippen LogP contribution in [0, 0.1) is 0 Å². The van der Waals surface area contributed by atoms with Gasteiger partial charge in [-0.3, -0.25) is 0 Å². The SMILES string of the molecule is CC(CNS(=O)(=O)Cc1cccc(N)c1)c1ccccc1. The fourth-order valence-electron chi connectivity index (χ4n) is 2.10. The fourth-order valence-corrected chi connectivity index (χ4v) is 3.33. The molecule has 0 radical (unpaired) electrons. The Morgan fingerprint density at radius 2 is 1.81 bits per heavy atom. The van der Waals surface area contributed by atoms with Gasteiger partial charge in [-0.05, 0) is 29.2 Å². The minimum atomic E-state index is -3.36. The fraction of sp³-hybridized carbons (Fsp3) is 0.250. The van der Waals surface area contributed by atoms with Gasteiger partial charge in [0.25, 0.3) is 0 Å². The molecule has 112 valence electrons. The molecule has 2 aromatic carbocycles. The van der Waals surface area contributed by atoms with E-state index >= 15 is 0 Å². The Kier molecular flexibility index (Phi) is 4.98. The monoisotopic (exact) mass is 304 g/mol. The second-order valence-electron chi connectivity index (χ2n) is 5.16. The Balaban J connectivity index is 1.95. The van der Waals surface area contributed by atoms with Crippen molar-refractivity contribution < 1.29 is 8.42 Å². The van der Waals surface area contributed by atoms with Crippen molar-refractivity contribution in [1.82, 2.24) is 4.72 Å². The summed E-state index contributed by atoms with van der Waals surface area (Å²) in [4.78, 5) is 0. The van der Waals surface area contributed by atoms with Crippen molar-refractivity contribution in [3.8, 4) is 0 Å². The summed E-state index contributed by atoms with van der Waals surface area (Å²) in [6.07, 6.45) is 0. The molecule has 0 aliphatic heterocycles. The van der Waals surface area contributed by atoms with Crippen LogP contribution in [0.2, 0.25) is 0 Å². The van der Waals surface area contributed by atoms with E-state index in [1.54, 1.807) is 24.3 Å². The summed E-state index contributed by atoms with van der Waals surface area (Å²) < 4.78 is 26.8. The van der Waals surface area contributed by atoms with E-state index in [9.17, 15) is 8.42 Å². The van der Waals surface area contributed by atoms with E-state index in [-0.39, 0.29) is 11.7 Å². The molecule has 1 atom stereocenters. The quantitative estimate of drug-likeness (QED) is 0.805. The first-order valence-electron chi connectivity index (χ1n) is 6.83. The minimum absolute atomic E-state index is 0.0560. The standard InChI is InChI=1S/C16H20N2O2S/c1-13(15-7-3-2-4-8-15)11-18-21(19,20)12-14-6-5-9-16(17)10-14/h2-10,13,18H,11-12,17H2,1H3. The predicted octanol–water partition coefficient (Wildman–Crippen LogP) is 2.49. The van der Waals surface area contributed by atoms with Gasteiger partial charge in [-0.1, -0.05) is 49.4 Å². The van der Waals surface area contributed by atoms with Crippen molar-refractivity contribution in [2.45, 2.75) is 18.6 Å². The minimum Gasteiger partial charge on any atom is -0.399 e. The number of benzene rings is 2. The molecule has 2 rings (SSSR count). The maximum Gasteiger partial charge on any atom is 0.215 e. The van der Waals surface area contributed by atoms with Crippen LogP contribution in [-0.4, -0.2) is 15.0 Å². The molecule has 1 unspecified atom stereocenters. The first kappa shape index (κ1) is 15.5. The van der Waals surface area contributed by atoms with E-state index < -0.39 is 10.0 Å². The molecular weight excluding hydrogens is 284 g/mol. The van der Waals surface area contributed by atoms with Crippen LogP contribution in [-0.2, 0) is 15.8 Å². The first-order chi connectivity index (χ1) is 9.96. The lowest BCUT2D eigenvalue weighted by Crippen LogP contribution is -2.28. The highest BCUT2D eigenvalue weighted by molar-refractivity contribution is 7.88. The van der Waals surface area contributed by atoms with E-state index in [1.165, 1.54) is 0 Å². The average Bonchev–Trinajstić information content (AvgIpc) is 2.45. The lowest BCUT2D eigenvalue weighted by atomic mass is 10.0. The number of anilines is 1. The highest BCUT2D eigenvalue weighted by Crippen LogP contribution is 2.14. The maximum atomic E-state index is 12.1. The zero-order valence-electron chi connectivity index (χ0n) is 12.0. The third kappa shape index (κ3) is 4.88. The predicted molar refractivity (Wildman–Crippen MR) is 86.3 cm³/mol. The van der Waals surface area contributed by atoms with Gasteiger partial charge in [-0.25, -0.2) is 13.1 Å². The summed E-state index contributed by atoms with van der Waals surface area (Å²) in [6.45, 7) is 2.38. The van der Waals surface area contributed by atoms with Crippen molar-refractivity contribution in [2.24, 2.45) is 0 Å². The van der Waals surface area contributed by atoms with Gasteiger partial charge in [0.05, 0.1) is 5.75 Å². The lowest BCUT2D eigenvalue weighted by Gasteiger charge is -2.13. The molecule has 0 fully saturated rings. The Labute approximate surface area is 126 Å². The van der Waals surface area contributed by atoms with Crippen LogP contribution in [0.15, 0.2) is 54.6 Å². The molecule has 0 bridgehead atoms. The van der Waals surface area contributed by atoms with Gasteiger partial charge >= 0.3 is 0 Å². The summed E-state index contributed by atoms with van der Waals surface area (Å²) in [7, 11) is -3.36. The van der Waals surface area contributed by atoms with Crippen molar-refractivity contribution >= 4 is 15.7 Å². The van der Waals surface area contributed by atoms with E-state index in [4.69, 9.17) is 5.73 Å². The molecule has 0 aliphatic carbocycles. The molecule has 0 spiro atoms. The van der Waals surface area contributed by atoms with Gasteiger partial charge in [-0.15, -0.1) is 0 Å². The van der Waals surface area contributed by atoms with E-state index in [0.29, 0.717) is 17.8 Å². The van der Waals surface area contributed by atoms with Gasteiger partial charge in [0.1, 0.15) is 0 Å². The molecular formula is C16H20N2O2S. The van der Waals surface area contributed by atoms with Crippen LogP contribution >= 0.6 is 0 Å². The number of rotatable bonds is 6. The zero-order valence-corrected chi connectivity index (χ0v) is 12.8. The zero-order chi connectivity index (χ0) is 15.3. The Bertz CT molecular complexity index is 684. The Hall–Kier alpha value is -1.85. The maximum absolute atomic E-state index is 12.1. The number of nitrogens with one attached hydrogen (secondary N) is 1. The summed E-state index contributed by atoms with van der Waals surface area (Å²) in [5.41, 5.74) is 8.03. The van der Waals surface area contributed by atoms with Crippen molar-refractivity contribution in [3.63, 3.8) is 0 Å². The van der Waals surface area contributed by atoms with Crippen LogP contribution in [0.1, 0.15) is 24.0 Å². The van der Waals surface area contributed by atoms with E-state index in [2.05, 4.69) is 4.72 Å². The average molecular weight is 304 g/mol. The van der Waals surface area contributed by atoms with Gasteiger partial charge in [0.15, 0.2) is 0 Å². The van der Waals surface area contributed by atoms with Crippen LogP contribution in [0.3, 0.4) is 0 Å². The molecule has 0 saturated carbocycles. The normalized spacial score (nSPS) is 13.0. The first-order valence-corrected chi connectivity index (χ1v) is 8.48. The molecule has 3 N–H and O–H groups in total. The lowest BCUT2D eigenvalue weighted by molar-refractivity contribution is 0.574. The van der Waals surface area contributed by atoms with Gasteiger partial charge in [-0.2, -0.15) is 0 Å². The third-order valence-electron chi connectivity index (χ3n) is 3.29. The molecule has 0 heterocycles. The highest BCUT2D eigenvalue weighted by Gasteiger charge is 2.14. The topological polar surface area (TPSA) is 72.2 Å². The van der Waals surface area contributed by atoms with E-state index in [0.717, 1.165) is 5.56 Å². The van der Waals surface area contributed by atoms with Crippen LogP contribution in [0.5, 0.6) is 0 Å². The summed E-state index contributed by atoms with van der Waals surface area (Å²) in [5, 5.41) is 0. The molecule has 0 amide bonds. The van der Waals surface area contributed by atoms with Crippen molar-refractivity contribution in [2.75, 3.05) is 12.3 Å². The molecule has 4 nitrogen and oxygen atoms in total. The second-order valence-corrected chi connectivity index (χ2v) is 6.97. The third-order valence-corrected chi connectivity index (χ3v) is 4.61. The van der Waals surface area contributed by atoms with Crippen molar-refractivity contribution in [3.05, 3.63) is 65.7 Å². The number of hydrogen-bond acceptors (Lipinski definition) is 3. The molecule has 21 heavy (non-hydrogen) atoms. The van der Waals surface area contributed by atoms with Crippen molar-refractivity contribution in [1.29, 1.82) is 0 Å². The Morgan fingerprint density at radius 1 is 1.10 bits per heavy atom. The molecule has 0 aliphatic rings. The van der Waals surface area contributed by atoms with Gasteiger partial charge in [0.2, 0.25) is 10.0 Å². The summed E-state index contributed by atoms with van der Waals surface area (Å²) in [6, 6.07) is 16.8. The molecule has 0 saturated heterocycles.